The van der Waals surface area contributed by atoms with Crippen LogP contribution >= 0.6 is 12.4 Å². The van der Waals surface area contributed by atoms with E-state index in [4.69, 9.17) is 10.00 Å². The molecule has 0 aliphatic carbocycles. The summed E-state index contributed by atoms with van der Waals surface area (Å²) in [7, 11) is 0. The molecule has 0 spiro atoms. The molecule has 1 N–H and O–H groups in total. The second-order valence-corrected chi connectivity index (χ2v) is 2.90. The molecule has 4 nitrogen and oxygen atoms in total. The minimum Gasteiger partial charge on any atom is -0.472 e. The zero-order valence-electron chi connectivity index (χ0n) is 7.43. The summed E-state index contributed by atoms with van der Waals surface area (Å²) in [6.45, 7) is 1.75. The summed E-state index contributed by atoms with van der Waals surface area (Å²) in [5.41, 5.74) is 0.555. The van der Waals surface area contributed by atoms with E-state index in [0.717, 1.165) is 13.1 Å². The molecule has 1 saturated heterocycles. The minimum atomic E-state index is 0. The lowest BCUT2D eigenvalue weighted by molar-refractivity contribution is 0.136. The van der Waals surface area contributed by atoms with Gasteiger partial charge in [-0.15, -0.1) is 12.4 Å². The Balaban J connectivity index is 0.000000980. The van der Waals surface area contributed by atoms with E-state index >= 15 is 0 Å². The van der Waals surface area contributed by atoms with Gasteiger partial charge in [0.2, 0.25) is 5.88 Å². The smallest absolute Gasteiger partial charge is 0.213 e. The maximum absolute atomic E-state index is 8.53. The van der Waals surface area contributed by atoms with E-state index in [-0.39, 0.29) is 18.5 Å². The molecular weight excluding hydrogens is 202 g/mol. The number of hydrogen-bond acceptors (Lipinski definition) is 4. The first-order valence-corrected chi connectivity index (χ1v) is 4.12. The van der Waals surface area contributed by atoms with Gasteiger partial charge in [-0.05, 0) is 6.07 Å². The van der Waals surface area contributed by atoms with Gasteiger partial charge in [0.25, 0.3) is 0 Å². The molecule has 0 atom stereocenters. The number of pyridine rings is 1. The van der Waals surface area contributed by atoms with Crippen LogP contribution in [-0.4, -0.2) is 24.2 Å². The topological polar surface area (TPSA) is 57.9 Å². The summed E-state index contributed by atoms with van der Waals surface area (Å²) in [5, 5.41) is 11.6. The van der Waals surface area contributed by atoms with Crippen molar-refractivity contribution in [1.29, 1.82) is 5.26 Å². The lowest BCUT2D eigenvalue weighted by Crippen LogP contribution is -2.50. The fourth-order valence-electron chi connectivity index (χ4n) is 1.03. The molecule has 0 amide bonds. The standard InChI is InChI=1S/C9H9N3O.ClH/c10-3-7-1-2-9(12-4-7)13-8-5-11-6-8;/h1-2,4,8,11H,5-6H2;1H. The Morgan fingerprint density at radius 1 is 1.50 bits per heavy atom. The van der Waals surface area contributed by atoms with E-state index in [0.29, 0.717) is 11.4 Å². The highest BCUT2D eigenvalue weighted by atomic mass is 35.5. The molecule has 1 aromatic rings. The van der Waals surface area contributed by atoms with Crippen LogP contribution < -0.4 is 10.1 Å². The average Bonchev–Trinajstić information content (AvgIpc) is 2.12. The highest BCUT2D eigenvalue weighted by Gasteiger charge is 2.18. The van der Waals surface area contributed by atoms with Crippen LogP contribution in [0.4, 0.5) is 0 Å². The number of ether oxygens (including phenoxy) is 1. The number of nitrogens with zero attached hydrogens (tertiary/aromatic N) is 2. The number of halogens is 1. The fourth-order valence-corrected chi connectivity index (χ4v) is 1.03. The summed E-state index contributed by atoms with van der Waals surface area (Å²) in [6, 6.07) is 5.43. The Hall–Kier alpha value is -1.31. The molecule has 1 aliphatic rings. The van der Waals surface area contributed by atoms with Gasteiger partial charge in [0.05, 0.1) is 5.56 Å². The van der Waals surface area contributed by atoms with Gasteiger partial charge >= 0.3 is 0 Å². The van der Waals surface area contributed by atoms with E-state index < -0.39 is 0 Å². The van der Waals surface area contributed by atoms with Crippen molar-refractivity contribution in [1.82, 2.24) is 10.3 Å². The Morgan fingerprint density at radius 2 is 2.29 bits per heavy atom. The largest absolute Gasteiger partial charge is 0.472 e. The third kappa shape index (κ3) is 2.34. The molecule has 0 aromatic carbocycles. The van der Waals surface area contributed by atoms with Gasteiger partial charge in [0.15, 0.2) is 0 Å². The van der Waals surface area contributed by atoms with Crippen LogP contribution in [0.25, 0.3) is 0 Å². The van der Waals surface area contributed by atoms with Crippen molar-refractivity contribution in [3.05, 3.63) is 23.9 Å². The number of nitriles is 1. The summed E-state index contributed by atoms with van der Waals surface area (Å²) in [5.74, 6) is 0.588. The van der Waals surface area contributed by atoms with Gasteiger partial charge in [-0.25, -0.2) is 4.98 Å². The van der Waals surface area contributed by atoms with Crippen LogP contribution in [0.2, 0.25) is 0 Å². The van der Waals surface area contributed by atoms with E-state index in [1.807, 2.05) is 6.07 Å². The first-order valence-electron chi connectivity index (χ1n) is 4.12. The first kappa shape index (κ1) is 10.8. The highest BCUT2D eigenvalue weighted by molar-refractivity contribution is 5.85. The van der Waals surface area contributed by atoms with Gasteiger partial charge in [-0.3, -0.25) is 0 Å². The van der Waals surface area contributed by atoms with Crippen molar-refractivity contribution in [3.63, 3.8) is 0 Å². The van der Waals surface area contributed by atoms with Crippen LogP contribution in [0, 0.1) is 11.3 Å². The van der Waals surface area contributed by atoms with Crippen LogP contribution in [0.3, 0.4) is 0 Å². The number of aromatic nitrogens is 1. The van der Waals surface area contributed by atoms with Crippen LogP contribution in [0.5, 0.6) is 5.88 Å². The molecule has 1 aliphatic heterocycles. The minimum absolute atomic E-state index is 0. The summed E-state index contributed by atoms with van der Waals surface area (Å²) in [6.07, 6.45) is 1.75. The number of hydrogen-bond donors (Lipinski definition) is 1. The molecular formula is C9H10ClN3O. The number of rotatable bonds is 2. The second-order valence-electron chi connectivity index (χ2n) is 2.90. The average molecular weight is 212 g/mol. The maximum atomic E-state index is 8.53. The monoisotopic (exact) mass is 211 g/mol. The van der Waals surface area contributed by atoms with Crippen LogP contribution in [0.1, 0.15) is 5.56 Å². The third-order valence-electron chi connectivity index (χ3n) is 1.90. The molecule has 0 saturated carbocycles. The zero-order valence-corrected chi connectivity index (χ0v) is 8.25. The van der Waals surface area contributed by atoms with Crippen molar-refractivity contribution in [2.24, 2.45) is 0 Å². The Kier molecular flexibility index (Phi) is 3.69. The molecule has 74 valence electrons. The Labute approximate surface area is 88.3 Å². The van der Waals surface area contributed by atoms with Crippen LogP contribution in [-0.2, 0) is 0 Å². The van der Waals surface area contributed by atoms with Crippen LogP contribution in [0.15, 0.2) is 18.3 Å². The summed E-state index contributed by atoms with van der Waals surface area (Å²) >= 11 is 0. The maximum Gasteiger partial charge on any atom is 0.213 e. The zero-order chi connectivity index (χ0) is 9.10. The Morgan fingerprint density at radius 3 is 2.71 bits per heavy atom. The summed E-state index contributed by atoms with van der Waals surface area (Å²) < 4.78 is 5.47. The Bertz CT molecular complexity index is 329. The van der Waals surface area contributed by atoms with E-state index in [1.54, 1.807) is 12.1 Å². The summed E-state index contributed by atoms with van der Waals surface area (Å²) in [4.78, 5) is 4.00. The predicted molar refractivity (Wildman–Crippen MR) is 53.5 cm³/mol. The molecule has 2 heterocycles. The quantitative estimate of drug-likeness (QED) is 0.784. The normalized spacial score (nSPS) is 14.8. The lowest BCUT2D eigenvalue weighted by atomic mass is 10.2. The van der Waals surface area contributed by atoms with Gasteiger partial charge in [-0.2, -0.15) is 5.26 Å². The van der Waals surface area contributed by atoms with Crippen molar-refractivity contribution >= 4 is 12.4 Å². The van der Waals surface area contributed by atoms with E-state index in [2.05, 4.69) is 10.3 Å². The molecule has 2 rings (SSSR count). The first-order chi connectivity index (χ1) is 6.38. The fraction of sp³-hybridized carbons (Fsp3) is 0.333. The highest BCUT2D eigenvalue weighted by Crippen LogP contribution is 2.10. The van der Waals surface area contributed by atoms with E-state index in [9.17, 15) is 0 Å². The molecule has 1 fully saturated rings. The molecule has 0 bridgehead atoms. The lowest BCUT2D eigenvalue weighted by Gasteiger charge is -2.27. The van der Waals surface area contributed by atoms with Gasteiger partial charge in [0, 0.05) is 25.4 Å². The van der Waals surface area contributed by atoms with Crippen molar-refractivity contribution in [3.8, 4) is 11.9 Å². The van der Waals surface area contributed by atoms with Crippen molar-refractivity contribution in [2.45, 2.75) is 6.10 Å². The van der Waals surface area contributed by atoms with Crippen molar-refractivity contribution < 1.29 is 4.74 Å². The molecule has 0 radical (unpaired) electrons. The number of nitrogens with one attached hydrogen (secondary N) is 1. The van der Waals surface area contributed by atoms with Gasteiger partial charge < -0.3 is 10.1 Å². The SMILES string of the molecule is Cl.N#Cc1ccc(OC2CNC2)nc1. The van der Waals surface area contributed by atoms with E-state index in [1.165, 1.54) is 6.20 Å². The third-order valence-corrected chi connectivity index (χ3v) is 1.90. The molecule has 5 heteroatoms. The second kappa shape index (κ2) is 4.80. The molecule has 1 aromatic heterocycles. The predicted octanol–water partition coefficient (Wildman–Crippen LogP) is 0.726. The van der Waals surface area contributed by atoms with Gasteiger partial charge in [-0.1, -0.05) is 0 Å². The van der Waals surface area contributed by atoms with Crippen molar-refractivity contribution in [2.75, 3.05) is 13.1 Å². The van der Waals surface area contributed by atoms with Gasteiger partial charge in [0.1, 0.15) is 12.2 Å². The molecule has 14 heavy (non-hydrogen) atoms. The molecule has 0 unspecified atom stereocenters.